The Hall–Kier alpha value is -3.70. The molecule has 0 spiro atoms. The normalized spacial score (nSPS) is 12.5. The third kappa shape index (κ3) is 5.36. The Bertz CT molecular complexity index is 1980. The second-order valence-corrected chi connectivity index (χ2v) is 11.4. The number of thiophene rings is 1. The van der Waals surface area contributed by atoms with Crippen molar-refractivity contribution in [2.24, 2.45) is 0 Å². The van der Waals surface area contributed by atoms with Crippen LogP contribution in [0.5, 0.6) is 0 Å². The van der Waals surface area contributed by atoms with Crippen LogP contribution in [0.25, 0.3) is 54.7 Å². The summed E-state index contributed by atoms with van der Waals surface area (Å²) in [6.07, 6.45) is 8.87. The zero-order valence-corrected chi connectivity index (χ0v) is 26.0. The van der Waals surface area contributed by atoms with Crippen molar-refractivity contribution in [1.82, 2.24) is 15.0 Å². The van der Waals surface area contributed by atoms with Gasteiger partial charge in [-0.25, -0.2) is 4.98 Å². The Labute approximate surface area is 256 Å². The number of hydrogen-bond acceptors (Lipinski definition) is 5. The number of nitrogens with zero attached hydrogens (tertiary/aromatic N) is 3. The van der Waals surface area contributed by atoms with Gasteiger partial charge >= 0.3 is 0 Å². The zero-order chi connectivity index (χ0) is 27.1. The van der Waals surface area contributed by atoms with Gasteiger partial charge in [-0.2, -0.15) is 0 Å². The fourth-order valence-electron chi connectivity index (χ4n) is 5.39. The first-order valence-corrected chi connectivity index (χ1v) is 14.5. The quantitative estimate of drug-likeness (QED) is 0.167. The van der Waals surface area contributed by atoms with E-state index in [1.807, 2.05) is 86.1 Å². The number of aromatic nitrogens is 3. The SMILES string of the molecule is Cc1ccc(-c2[c-]cccc2)nc1.Cc1ccc2c(n1)oc1c(-c3cc4c5c(sc4cn3)CCCC5)[c-]ccc12.[Ir]. The Morgan fingerprint density at radius 1 is 0.805 bits per heavy atom. The summed E-state index contributed by atoms with van der Waals surface area (Å²) < 4.78 is 7.44. The van der Waals surface area contributed by atoms with Crippen LogP contribution in [0.15, 0.2) is 83.5 Å². The molecule has 2 aromatic carbocycles. The Morgan fingerprint density at radius 2 is 1.68 bits per heavy atom. The monoisotopic (exact) mass is 730 g/mol. The third-order valence-corrected chi connectivity index (χ3v) is 8.68. The second-order valence-electron chi connectivity index (χ2n) is 10.3. The van der Waals surface area contributed by atoms with Crippen LogP contribution in [0.3, 0.4) is 0 Å². The van der Waals surface area contributed by atoms with E-state index < -0.39 is 0 Å². The topological polar surface area (TPSA) is 51.8 Å². The summed E-state index contributed by atoms with van der Waals surface area (Å²) in [5, 5.41) is 3.47. The van der Waals surface area contributed by atoms with Crippen LogP contribution in [-0.4, -0.2) is 15.0 Å². The van der Waals surface area contributed by atoms with Crippen molar-refractivity contribution in [3.63, 3.8) is 0 Å². The van der Waals surface area contributed by atoms with Crippen LogP contribution in [0, 0.1) is 26.0 Å². The van der Waals surface area contributed by atoms with E-state index in [2.05, 4.69) is 40.3 Å². The Morgan fingerprint density at radius 3 is 2.51 bits per heavy atom. The van der Waals surface area contributed by atoms with Crippen LogP contribution < -0.4 is 0 Å². The average molecular weight is 730 g/mol. The maximum Gasteiger partial charge on any atom is 0.216 e. The zero-order valence-electron chi connectivity index (χ0n) is 22.8. The maximum atomic E-state index is 6.15. The molecular weight excluding hydrogens is 703 g/mol. The second kappa shape index (κ2) is 11.7. The van der Waals surface area contributed by atoms with Crippen LogP contribution in [0.4, 0.5) is 0 Å². The molecule has 0 unspecified atom stereocenters. The van der Waals surface area contributed by atoms with Crippen molar-refractivity contribution < 1.29 is 24.5 Å². The van der Waals surface area contributed by atoms with Crippen LogP contribution in [-0.2, 0) is 32.9 Å². The summed E-state index contributed by atoms with van der Waals surface area (Å²) in [6.45, 7) is 4.01. The number of benzene rings is 2. The predicted molar refractivity (Wildman–Crippen MR) is 164 cm³/mol. The number of aryl methyl sites for hydroxylation is 4. The van der Waals surface area contributed by atoms with E-state index >= 15 is 0 Å². The third-order valence-electron chi connectivity index (χ3n) is 7.43. The molecule has 1 radical (unpaired) electrons. The maximum absolute atomic E-state index is 6.15. The van der Waals surface area contributed by atoms with Crippen LogP contribution >= 0.6 is 11.3 Å². The van der Waals surface area contributed by atoms with Gasteiger partial charge in [-0.3, -0.25) is 0 Å². The van der Waals surface area contributed by atoms with E-state index in [0.29, 0.717) is 5.71 Å². The smallest absolute Gasteiger partial charge is 0.216 e. The molecule has 0 bridgehead atoms. The molecule has 0 N–H and O–H groups in total. The van der Waals surface area contributed by atoms with Gasteiger partial charge in [-0.05, 0) is 79.6 Å². The average Bonchev–Trinajstić information content (AvgIpc) is 3.55. The van der Waals surface area contributed by atoms with Gasteiger partial charge in [0.25, 0.3) is 0 Å². The fraction of sp³-hybridized carbons (Fsp3) is 0.171. The van der Waals surface area contributed by atoms with Gasteiger partial charge in [0, 0.05) is 48.5 Å². The van der Waals surface area contributed by atoms with E-state index in [9.17, 15) is 0 Å². The minimum atomic E-state index is 0. The number of hydrogen-bond donors (Lipinski definition) is 0. The van der Waals surface area contributed by atoms with Crippen LogP contribution in [0.1, 0.15) is 34.5 Å². The Balaban J connectivity index is 0.000000183. The predicted octanol–water partition coefficient (Wildman–Crippen LogP) is 9.10. The number of pyridine rings is 3. The fourth-order valence-corrected chi connectivity index (χ4v) is 6.63. The molecule has 0 aliphatic heterocycles. The largest absolute Gasteiger partial charge is 0.486 e. The van der Waals surface area contributed by atoms with Crippen molar-refractivity contribution in [1.29, 1.82) is 0 Å². The molecule has 1 aliphatic rings. The van der Waals surface area contributed by atoms with E-state index in [1.54, 1.807) is 4.88 Å². The molecule has 5 heterocycles. The molecule has 0 fully saturated rings. The molecule has 0 saturated heterocycles. The summed E-state index contributed by atoms with van der Waals surface area (Å²) >= 11 is 1.91. The number of fused-ring (bicyclic) bond motifs is 6. The van der Waals surface area contributed by atoms with Gasteiger partial charge in [-0.15, -0.1) is 65.4 Å². The van der Waals surface area contributed by atoms with Gasteiger partial charge in [0.1, 0.15) is 0 Å². The first kappa shape index (κ1) is 27.5. The molecule has 4 nitrogen and oxygen atoms in total. The Kier molecular flexibility index (Phi) is 7.81. The van der Waals surface area contributed by atoms with E-state index in [4.69, 9.17) is 9.40 Å². The molecule has 7 aromatic rings. The first-order chi connectivity index (χ1) is 19.6. The standard InChI is InChI=1S/C23H17N2OS.C12H10N.Ir/c1-13-9-10-16-15-6-4-7-17(22(15)26-23(16)25-13)19-11-18-14-5-2-3-8-20(14)27-21(18)12-24-19;1-10-7-8-12(13-9-10)11-5-3-2-4-6-11;/h4,6,9-12H,2-3,5,8H2,1H3;2-5,7-9H,1H3;/q2*-1;. The van der Waals surface area contributed by atoms with Crippen molar-refractivity contribution in [3.8, 4) is 22.5 Å². The summed E-state index contributed by atoms with van der Waals surface area (Å²) in [5.74, 6) is 0. The molecule has 41 heavy (non-hydrogen) atoms. The van der Waals surface area contributed by atoms with Crippen molar-refractivity contribution >= 4 is 43.5 Å². The molecule has 0 amide bonds. The van der Waals surface area contributed by atoms with Gasteiger partial charge in [0.05, 0.1) is 10.3 Å². The molecular formula is C35H27IrN3OS-2. The summed E-state index contributed by atoms with van der Waals surface area (Å²) in [4.78, 5) is 15.2. The molecule has 8 rings (SSSR count). The van der Waals surface area contributed by atoms with Crippen LogP contribution in [0.2, 0.25) is 0 Å². The van der Waals surface area contributed by atoms with Gasteiger partial charge in [-0.1, -0.05) is 29.1 Å². The first-order valence-electron chi connectivity index (χ1n) is 13.6. The molecule has 6 heteroatoms. The molecule has 0 saturated carbocycles. The minimum Gasteiger partial charge on any atom is -0.486 e. The molecule has 0 atom stereocenters. The van der Waals surface area contributed by atoms with Gasteiger partial charge in [0.15, 0.2) is 0 Å². The molecule has 205 valence electrons. The molecule has 5 aromatic heterocycles. The van der Waals surface area contributed by atoms with Gasteiger partial charge in [0.2, 0.25) is 5.71 Å². The summed E-state index contributed by atoms with van der Waals surface area (Å²) in [7, 11) is 0. The molecule has 1 aliphatic carbocycles. The van der Waals surface area contributed by atoms with Gasteiger partial charge < -0.3 is 14.4 Å². The van der Waals surface area contributed by atoms with Crippen molar-refractivity contribution in [2.45, 2.75) is 39.5 Å². The van der Waals surface area contributed by atoms with Crippen molar-refractivity contribution in [2.75, 3.05) is 0 Å². The van der Waals surface area contributed by atoms with Crippen molar-refractivity contribution in [3.05, 3.63) is 113 Å². The minimum absolute atomic E-state index is 0. The van der Waals surface area contributed by atoms with E-state index in [1.165, 1.54) is 46.9 Å². The summed E-state index contributed by atoms with van der Waals surface area (Å²) in [5.41, 5.74) is 9.03. The van der Waals surface area contributed by atoms with E-state index in [0.717, 1.165) is 44.6 Å². The van der Waals surface area contributed by atoms with E-state index in [-0.39, 0.29) is 20.1 Å². The number of furan rings is 1. The number of rotatable bonds is 2. The summed E-state index contributed by atoms with van der Waals surface area (Å²) in [6, 6.07) is 28.8.